The molecule has 0 saturated heterocycles. The van der Waals surface area contributed by atoms with E-state index in [4.69, 9.17) is 16.7 Å². The summed E-state index contributed by atoms with van der Waals surface area (Å²) in [5, 5.41) is 8.99. The summed E-state index contributed by atoms with van der Waals surface area (Å²) in [6, 6.07) is 5.04. The number of aromatic carboxylic acids is 1. The molecule has 0 fully saturated rings. The van der Waals surface area contributed by atoms with Crippen molar-refractivity contribution in [1.82, 2.24) is 0 Å². The zero-order valence-electron chi connectivity index (χ0n) is 6.67. The van der Waals surface area contributed by atoms with Crippen LogP contribution in [0.3, 0.4) is 0 Å². The van der Waals surface area contributed by atoms with Gasteiger partial charge in [-0.1, -0.05) is 24.6 Å². The molecule has 0 amide bonds. The Hall–Kier alpha value is -1.02. The molecule has 0 aliphatic rings. The summed E-state index contributed by atoms with van der Waals surface area (Å²) in [4.78, 5) is 10.6. The molecule has 0 heterocycles. The Morgan fingerprint density at radius 2 is 2.25 bits per heavy atom. The van der Waals surface area contributed by atoms with Crippen molar-refractivity contribution in [3.8, 4) is 0 Å². The van der Waals surface area contributed by atoms with Crippen LogP contribution in [0.15, 0.2) is 18.2 Å². The molecule has 1 N–H and O–H groups in total. The first-order valence-electron chi connectivity index (χ1n) is 3.67. The summed E-state index contributed by atoms with van der Waals surface area (Å²) in [6.07, 6.45) is 0.817. The topological polar surface area (TPSA) is 37.3 Å². The molecule has 1 aromatic rings. The lowest BCUT2D eigenvalue weighted by atomic mass is 10.1. The fourth-order valence-electron chi connectivity index (χ4n) is 0.956. The molecule has 0 aromatic heterocycles. The van der Waals surface area contributed by atoms with Crippen LogP contribution in [0.2, 0.25) is 5.02 Å². The molecule has 64 valence electrons. The molecule has 0 unspecified atom stereocenters. The molecule has 0 radical (unpaired) electrons. The monoisotopic (exact) mass is 184 g/mol. The van der Waals surface area contributed by atoms with Crippen molar-refractivity contribution in [2.24, 2.45) is 0 Å². The van der Waals surface area contributed by atoms with Gasteiger partial charge in [0.05, 0.1) is 10.6 Å². The smallest absolute Gasteiger partial charge is 0.337 e. The standard InChI is InChI=1S/C9H9ClO2/c1-2-6-3-4-8(10)7(5-6)9(11)12/h3-5H,2H2,1H3,(H,11,12). The molecule has 0 atom stereocenters. The van der Waals surface area contributed by atoms with Crippen molar-refractivity contribution < 1.29 is 9.90 Å². The van der Waals surface area contributed by atoms with E-state index in [1.54, 1.807) is 12.1 Å². The maximum atomic E-state index is 10.6. The molecule has 0 bridgehead atoms. The highest BCUT2D eigenvalue weighted by atomic mass is 35.5. The summed E-state index contributed by atoms with van der Waals surface area (Å²) in [6.45, 7) is 1.97. The van der Waals surface area contributed by atoms with E-state index in [2.05, 4.69) is 0 Å². The van der Waals surface area contributed by atoms with E-state index in [9.17, 15) is 4.79 Å². The second-order valence-corrected chi connectivity index (χ2v) is 2.88. The number of hydrogen-bond acceptors (Lipinski definition) is 1. The first-order chi connectivity index (χ1) is 5.65. The lowest BCUT2D eigenvalue weighted by Gasteiger charge is -2.00. The molecule has 1 aromatic carbocycles. The predicted molar refractivity (Wildman–Crippen MR) is 47.8 cm³/mol. The number of carboxylic acids is 1. The largest absolute Gasteiger partial charge is 0.478 e. The zero-order valence-corrected chi connectivity index (χ0v) is 7.43. The Labute approximate surface area is 75.8 Å². The third-order valence-electron chi connectivity index (χ3n) is 1.67. The highest BCUT2D eigenvalue weighted by molar-refractivity contribution is 6.33. The van der Waals surface area contributed by atoms with Gasteiger partial charge in [0.25, 0.3) is 0 Å². The zero-order chi connectivity index (χ0) is 9.14. The fourth-order valence-corrected chi connectivity index (χ4v) is 1.15. The van der Waals surface area contributed by atoms with Crippen molar-refractivity contribution in [2.45, 2.75) is 13.3 Å². The highest BCUT2D eigenvalue weighted by Crippen LogP contribution is 2.17. The lowest BCUT2D eigenvalue weighted by Crippen LogP contribution is -1.98. The summed E-state index contributed by atoms with van der Waals surface area (Å²) in [5.74, 6) is -0.977. The van der Waals surface area contributed by atoms with Gasteiger partial charge in [0.15, 0.2) is 0 Å². The minimum atomic E-state index is -0.977. The van der Waals surface area contributed by atoms with Gasteiger partial charge in [-0.25, -0.2) is 4.79 Å². The average molecular weight is 185 g/mol. The van der Waals surface area contributed by atoms with Gasteiger partial charge in [-0.3, -0.25) is 0 Å². The second kappa shape index (κ2) is 3.59. The van der Waals surface area contributed by atoms with E-state index in [0.717, 1.165) is 12.0 Å². The van der Waals surface area contributed by atoms with Crippen LogP contribution in [-0.2, 0) is 6.42 Å². The summed E-state index contributed by atoms with van der Waals surface area (Å²) in [7, 11) is 0. The first kappa shape index (κ1) is 9.07. The molecule has 3 heteroatoms. The van der Waals surface area contributed by atoms with Crippen molar-refractivity contribution in [3.63, 3.8) is 0 Å². The molecule has 0 aliphatic heterocycles. The van der Waals surface area contributed by atoms with E-state index in [-0.39, 0.29) is 5.56 Å². The Bertz CT molecular complexity index is 307. The lowest BCUT2D eigenvalue weighted by molar-refractivity contribution is 0.0697. The van der Waals surface area contributed by atoms with E-state index in [0.29, 0.717) is 5.02 Å². The van der Waals surface area contributed by atoms with Crippen molar-refractivity contribution in [3.05, 3.63) is 34.3 Å². The Morgan fingerprint density at radius 1 is 1.58 bits per heavy atom. The SMILES string of the molecule is CCc1ccc(Cl)c(C(=O)O)c1. The number of carbonyl (C=O) groups is 1. The molecule has 1 rings (SSSR count). The molecular formula is C9H9ClO2. The van der Waals surface area contributed by atoms with Crippen LogP contribution in [0.25, 0.3) is 0 Å². The summed E-state index contributed by atoms with van der Waals surface area (Å²) in [5.41, 5.74) is 1.16. The van der Waals surface area contributed by atoms with Crippen LogP contribution in [0.4, 0.5) is 0 Å². The molecule has 12 heavy (non-hydrogen) atoms. The van der Waals surface area contributed by atoms with Crippen LogP contribution < -0.4 is 0 Å². The quantitative estimate of drug-likeness (QED) is 0.767. The van der Waals surface area contributed by atoms with E-state index in [1.807, 2.05) is 13.0 Å². The number of rotatable bonds is 2. The van der Waals surface area contributed by atoms with Gasteiger partial charge in [-0.15, -0.1) is 0 Å². The maximum Gasteiger partial charge on any atom is 0.337 e. The molecule has 2 nitrogen and oxygen atoms in total. The van der Waals surface area contributed by atoms with Crippen LogP contribution in [0.1, 0.15) is 22.8 Å². The number of aryl methyl sites for hydroxylation is 1. The number of benzene rings is 1. The highest BCUT2D eigenvalue weighted by Gasteiger charge is 2.07. The molecule has 0 saturated carbocycles. The van der Waals surface area contributed by atoms with E-state index >= 15 is 0 Å². The average Bonchev–Trinajstić information content (AvgIpc) is 2.05. The first-order valence-corrected chi connectivity index (χ1v) is 4.04. The van der Waals surface area contributed by atoms with Crippen molar-refractivity contribution in [1.29, 1.82) is 0 Å². The Morgan fingerprint density at radius 3 is 2.75 bits per heavy atom. The van der Waals surface area contributed by atoms with Gasteiger partial charge in [0.2, 0.25) is 0 Å². The van der Waals surface area contributed by atoms with Crippen molar-refractivity contribution >= 4 is 17.6 Å². The minimum absolute atomic E-state index is 0.177. The molecular weight excluding hydrogens is 176 g/mol. The van der Waals surface area contributed by atoms with Gasteiger partial charge < -0.3 is 5.11 Å². The number of hydrogen-bond donors (Lipinski definition) is 1. The molecule has 0 spiro atoms. The third-order valence-corrected chi connectivity index (χ3v) is 2.00. The van der Waals surface area contributed by atoms with E-state index < -0.39 is 5.97 Å². The van der Waals surface area contributed by atoms with Gasteiger partial charge in [0, 0.05) is 0 Å². The van der Waals surface area contributed by atoms with E-state index in [1.165, 1.54) is 0 Å². The third kappa shape index (κ3) is 1.77. The molecule has 0 aliphatic carbocycles. The van der Waals surface area contributed by atoms with Gasteiger partial charge in [0.1, 0.15) is 0 Å². The summed E-state index contributed by atoms with van der Waals surface area (Å²) >= 11 is 5.67. The number of halogens is 1. The van der Waals surface area contributed by atoms with Gasteiger partial charge in [-0.2, -0.15) is 0 Å². The van der Waals surface area contributed by atoms with Gasteiger partial charge >= 0.3 is 5.97 Å². The Balaban J connectivity index is 3.17. The van der Waals surface area contributed by atoms with Crippen LogP contribution in [0.5, 0.6) is 0 Å². The van der Waals surface area contributed by atoms with Crippen LogP contribution >= 0.6 is 11.6 Å². The van der Waals surface area contributed by atoms with Crippen LogP contribution in [0, 0.1) is 0 Å². The predicted octanol–water partition coefficient (Wildman–Crippen LogP) is 2.60. The number of carboxylic acid groups (broad SMARTS) is 1. The maximum absolute atomic E-state index is 10.6. The van der Waals surface area contributed by atoms with Crippen LogP contribution in [-0.4, -0.2) is 11.1 Å². The second-order valence-electron chi connectivity index (χ2n) is 2.47. The van der Waals surface area contributed by atoms with Gasteiger partial charge in [-0.05, 0) is 24.1 Å². The Kier molecular flexibility index (Phi) is 2.71. The van der Waals surface area contributed by atoms with Crippen molar-refractivity contribution in [2.75, 3.05) is 0 Å². The fraction of sp³-hybridized carbons (Fsp3) is 0.222. The normalized spacial score (nSPS) is 9.83. The summed E-state index contributed by atoms with van der Waals surface area (Å²) < 4.78 is 0. The minimum Gasteiger partial charge on any atom is -0.478 e.